The van der Waals surface area contributed by atoms with Crippen LogP contribution in [-0.2, 0) is 0 Å². The van der Waals surface area contributed by atoms with E-state index < -0.39 is 29.2 Å². The zero-order valence-electron chi connectivity index (χ0n) is 10.4. The van der Waals surface area contributed by atoms with Crippen molar-refractivity contribution in [1.29, 1.82) is 5.26 Å². The van der Waals surface area contributed by atoms with Crippen molar-refractivity contribution in [3.63, 3.8) is 0 Å². The number of halogens is 4. The fraction of sp³-hybridized carbons (Fsp3) is 0.0667. The molecule has 0 spiro atoms. The number of carbonyl (C=O) groups excluding carboxylic acids is 1. The molecule has 0 bridgehead atoms. The van der Waals surface area contributed by atoms with E-state index in [1.807, 2.05) is 0 Å². The third kappa shape index (κ3) is 3.14. The molecule has 2 rings (SSSR count). The molecule has 0 aliphatic rings. The van der Waals surface area contributed by atoms with Crippen LogP contribution in [0.3, 0.4) is 0 Å². The molecule has 0 aliphatic carbocycles. The first-order valence-corrected chi connectivity index (χ1v) is 6.57. The van der Waals surface area contributed by atoms with E-state index in [9.17, 15) is 18.0 Å². The lowest BCUT2D eigenvalue weighted by Crippen LogP contribution is -2.14. The van der Waals surface area contributed by atoms with Crippen LogP contribution in [0.15, 0.2) is 40.9 Å². The second-order valence-corrected chi connectivity index (χ2v) is 5.13. The summed E-state index contributed by atoms with van der Waals surface area (Å²) in [4.78, 5) is 12.2. The van der Waals surface area contributed by atoms with Crippen LogP contribution in [0.25, 0.3) is 0 Å². The number of carbonyl (C=O) groups is 1. The molecular weight excluding hydrogens is 347 g/mol. The van der Waals surface area contributed by atoms with E-state index in [1.165, 1.54) is 12.1 Å². The number of Topliss-reactive ketones (excluding diaryl/α,β-unsaturated/α-hetero) is 1. The van der Waals surface area contributed by atoms with E-state index in [1.54, 1.807) is 6.07 Å². The minimum Gasteiger partial charge on any atom is -0.292 e. The summed E-state index contributed by atoms with van der Waals surface area (Å²) < 4.78 is 40.7. The standard InChI is InChI=1S/C15H7BrF3NO/c16-8-1-4-13(18)11(5-8)15(21)12(7-20)10-3-2-9(17)6-14(10)19/h1-6,12H. The van der Waals surface area contributed by atoms with Gasteiger partial charge in [-0.2, -0.15) is 5.26 Å². The Kier molecular flexibility index (Phi) is 4.43. The van der Waals surface area contributed by atoms with E-state index in [4.69, 9.17) is 5.26 Å². The molecule has 0 saturated heterocycles. The topological polar surface area (TPSA) is 40.9 Å². The van der Waals surface area contributed by atoms with Gasteiger partial charge in [0.15, 0.2) is 5.78 Å². The Morgan fingerprint density at radius 3 is 2.43 bits per heavy atom. The van der Waals surface area contributed by atoms with Crippen molar-refractivity contribution < 1.29 is 18.0 Å². The molecule has 0 amide bonds. The van der Waals surface area contributed by atoms with Gasteiger partial charge in [-0.05, 0) is 24.3 Å². The number of benzene rings is 2. The Balaban J connectivity index is 2.49. The molecule has 0 fully saturated rings. The molecule has 1 atom stereocenters. The van der Waals surface area contributed by atoms with Crippen molar-refractivity contribution in [3.8, 4) is 6.07 Å². The van der Waals surface area contributed by atoms with Gasteiger partial charge >= 0.3 is 0 Å². The lowest BCUT2D eigenvalue weighted by molar-refractivity contribution is 0.0973. The molecule has 2 nitrogen and oxygen atoms in total. The monoisotopic (exact) mass is 353 g/mol. The third-order valence-electron chi connectivity index (χ3n) is 2.86. The minimum atomic E-state index is -1.55. The largest absolute Gasteiger partial charge is 0.292 e. The average molecular weight is 354 g/mol. The van der Waals surface area contributed by atoms with Gasteiger partial charge < -0.3 is 0 Å². The summed E-state index contributed by atoms with van der Waals surface area (Å²) in [6, 6.07) is 7.82. The van der Waals surface area contributed by atoms with E-state index in [-0.39, 0.29) is 11.1 Å². The maximum atomic E-state index is 13.7. The van der Waals surface area contributed by atoms with Gasteiger partial charge in [-0.1, -0.05) is 22.0 Å². The summed E-state index contributed by atoms with van der Waals surface area (Å²) >= 11 is 3.09. The first kappa shape index (κ1) is 15.3. The van der Waals surface area contributed by atoms with Gasteiger partial charge in [0.25, 0.3) is 0 Å². The molecule has 0 N–H and O–H groups in total. The van der Waals surface area contributed by atoms with Crippen molar-refractivity contribution in [2.75, 3.05) is 0 Å². The normalized spacial score (nSPS) is 11.8. The third-order valence-corrected chi connectivity index (χ3v) is 3.35. The Labute approximate surface area is 127 Å². The first-order chi connectivity index (χ1) is 9.93. The maximum Gasteiger partial charge on any atom is 0.187 e. The van der Waals surface area contributed by atoms with Crippen LogP contribution >= 0.6 is 15.9 Å². The Bertz CT molecular complexity index is 755. The highest BCUT2D eigenvalue weighted by molar-refractivity contribution is 9.10. The molecule has 0 radical (unpaired) electrons. The highest BCUT2D eigenvalue weighted by Gasteiger charge is 2.27. The van der Waals surface area contributed by atoms with Gasteiger partial charge in [0.2, 0.25) is 0 Å². The van der Waals surface area contributed by atoms with Gasteiger partial charge in [0.05, 0.1) is 11.6 Å². The zero-order valence-corrected chi connectivity index (χ0v) is 12.0. The van der Waals surface area contributed by atoms with E-state index in [0.29, 0.717) is 10.5 Å². The summed E-state index contributed by atoms with van der Waals surface area (Å²) in [7, 11) is 0. The number of nitrogens with zero attached hydrogens (tertiary/aromatic N) is 1. The molecule has 106 valence electrons. The molecular formula is C15H7BrF3NO. The van der Waals surface area contributed by atoms with Crippen LogP contribution in [0.4, 0.5) is 13.2 Å². The fourth-order valence-electron chi connectivity index (χ4n) is 1.85. The lowest BCUT2D eigenvalue weighted by atomic mass is 9.91. The quantitative estimate of drug-likeness (QED) is 0.769. The van der Waals surface area contributed by atoms with Gasteiger partial charge in [-0.15, -0.1) is 0 Å². The number of rotatable bonds is 3. The van der Waals surface area contributed by atoms with E-state index in [0.717, 1.165) is 18.2 Å². The Morgan fingerprint density at radius 2 is 1.81 bits per heavy atom. The molecule has 0 aliphatic heterocycles. The molecule has 6 heteroatoms. The van der Waals surface area contributed by atoms with Crippen LogP contribution in [0, 0.1) is 28.8 Å². The number of hydrogen-bond acceptors (Lipinski definition) is 2. The average Bonchev–Trinajstić information content (AvgIpc) is 2.44. The maximum absolute atomic E-state index is 13.7. The summed E-state index contributed by atoms with van der Waals surface area (Å²) in [6.45, 7) is 0. The van der Waals surface area contributed by atoms with Crippen LogP contribution in [0.2, 0.25) is 0 Å². The molecule has 1 unspecified atom stereocenters. The second-order valence-electron chi connectivity index (χ2n) is 4.22. The summed E-state index contributed by atoms with van der Waals surface area (Å²) in [6.07, 6.45) is 0. The highest BCUT2D eigenvalue weighted by atomic mass is 79.9. The Hall–Kier alpha value is -2.13. The number of hydrogen-bond donors (Lipinski definition) is 0. The van der Waals surface area contributed by atoms with Crippen LogP contribution < -0.4 is 0 Å². The van der Waals surface area contributed by atoms with Crippen LogP contribution in [0.5, 0.6) is 0 Å². The van der Waals surface area contributed by atoms with Gasteiger partial charge in [-0.25, -0.2) is 13.2 Å². The SMILES string of the molecule is N#CC(C(=O)c1cc(Br)ccc1F)c1ccc(F)cc1F. The predicted octanol–water partition coefficient (Wildman–Crippen LogP) is 4.36. The van der Waals surface area contributed by atoms with Gasteiger partial charge in [0, 0.05) is 16.1 Å². The molecule has 0 heterocycles. The summed E-state index contributed by atoms with van der Waals surface area (Å²) in [5, 5.41) is 9.10. The molecule has 2 aromatic rings. The van der Waals surface area contributed by atoms with Gasteiger partial charge in [0.1, 0.15) is 23.4 Å². The van der Waals surface area contributed by atoms with Gasteiger partial charge in [-0.3, -0.25) is 4.79 Å². The van der Waals surface area contributed by atoms with Crippen LogP contribution in [0.1, 0.15) is 21.8 Å². The predicted molar refractivity (Wildman–Crippen MR) is 73.1 cm³/mol. The summed E-state index contributed by atoms with van der Waals surface area (Å²) in [5.74, 6) is -5.10. The van der Waals surface area contributed by atoms with Crippen LogP contribution in [-0.4, -0.2) is 5.78 Å². The molecule has 21 heavy (non-hydrogen) atoms. The highest BCUT2D eigenvalue weighted by Crippen LogP contribution is 2.26. The minimum absolute atomic E-state index is 0.289. The Morgan fingerprint density at radius 1 is 1.10 bits per heavy atom. The van der Waals surface area contributed by atoms with Crippen molar-refractivity contribution in [2.24, 2.45) is 0 Å². The summed E-state index contributed by atoms with van der Waals surface area (Å²) in [5.41, 5.74) is -0.622. The van der Waals surface area contributed by atoms with Crippen molar-refractivity contribution >= 4 is 21.7 Å². The molecule has 2 aromatic carbocycles. The first-order valence-electron chi connectivity index (χ1n) is 5.78. The smallest absolute Gasteiger partial charge is 0.187 e. The van der Waals surface area contributed by atoms with Crippen molar-refractivity contribution in [2.45, 2.75) is 5.92 Å². The molecule has 0 aromatic heterocycles. The van der Waals surface area contributed by atoms with Crippen molar-refractivity contribution in [1.82, 2.24) is 0 Å². The number of ketones is 1. The lowest BCUT2D eigenvalue weighted by Gasteiger charge is -2.11. The zero-order chi connectivity index (χ0) is 15.6. The van der Waals surface area contributed by atoms with E-state index >= 15 is 0 Å². The second kappa shape index (κ2) is 6.10. The molecule has 0 saturated carbocycles. The fourth-order valence-corrected chi connectivity index (χ4v) is 2.21. The van der Waals surface area contributed by atoms with E-state index in [2.05, 4.69) is 15.9 Å². The number of nitriles is 1. The van der Waals surface area contributed by atoms with Crippen molar-refractivity contribution in [3.05, 3.63) is 69.4 Å².